The number of nitrogens with zero attached hydrogens (tertiary/aromatic N) is 3. The molecule has 2 aliphatic rings. The Bertz CT molecular complexity index is 4210. The van der Waals surface area contributed by atoms with E-state index in [9.17, 15) is 0 Å². The summed E-state index contributed by atoms with van der Waals surface area (Å²) >= 11 is 3.76. The minimum absolute atomic E-state index is 0.0815. The van der Waals surface area contributed by atoms with Gasteiger partial charge < -0.3 is 8.98 Å². The quantitative estimate of drug-likeness (QED) is 0.171. The smallest absolute Gasteiger partial charge is 0.156 e. The molecule has 13 aromatic rings. The summed E-state index contributed by atoms with van der Waals surface area (Å²) in [6.45, 7) is 0. The standard InChI is InChI=1S/C57H33N3OS2/c1-2-12-33-30-45-41(29-32(33)11-1)34-24-23-31-27-42-54(39-16-10-22-50-52(39)38-15-5-8-21-49(38)62-50)58-57(40-17-9-19-47-51(40)37-14-3-6-18-46(37)61-47)59-55(42)53-43(60(45)44(34)28-31)26-25-36-35-13-4-7-20-48(35)63-56(36)53/h1-26,28-30,42,55H,27H2. The summed E-state index contributed by atoms with van der Waals surface area (Å²) in [4.78, 5) is 11.9. The van der Waals surface area contributed by atoms with Crippen LogP contribution >= 0.6 is 22.7 Å². The lowest BCUT2D eigenvalue weighted by Gasteiger charge is -2.32. The zero-order chi connectivity index (χ0) is 40.9. The second-order valence-corrected chi connectivity index (χ2v) is 19.3. The molecule has 15 rings (SSSR count). The molecule has 2 atom stereocenters. The van der Waals surface area contributed by atoms with Crippen molar-refractivity contribution in [1.29, 1.82) is 0 Å². The minimum atomic E-state index is -0.282. The fraction of sp³-hybridized carbons (Fsp3) is 0.0526. The molecule has 6 heterocycles. The molecule has 4 nitrogen and oxygen atoms in total. The molecular weight excluding hydrogens is 807 g/mol. The number of fused-ring (bicyclic) bond motifs is 19. The van der Waals surface area contributed by atoms with Crippen molar-refractivity contribution in [3.8, 4) is 5.69 Å². The van der Waals surface area contributed by atoms with Crippen LogP contribution in [0.1, 0.15) is 28.3 Å². The second kappa shape index (κ2) is 12.6. The third kappa shape index (κ3) is 4.74. The van der Waals surface area contributed by atoms with Crippen LogP contribution in [0.2, 0.25) is 0 Å². The van der Waals surface area contributed by atoms with Crippen LogP contribution in [0, 0.1) is 5.92 Å². The first kappa shape index (κ1) is 34.2. The maximum absolute atomic E-state index is 6.52. The van der Waals surface area contributed by atoms with E-state index >= 15 is 0 Å². The van der Waals surface area contributed by atoms with Crippen LogP contribution in [0.15, 0.2) is 190 Å². The van der Waals surface area contributed by atoms with Crippen LogP contribution in [0.3, 0.4) is 0 Å². The van der Waals surface area contributed by atoms with Crippen molar-refractivity contribution in [3.05, 3.63) is 198 Å². The van der Waals surface area contributed by atoms with E-state index in [0.29, 0.717) is 0 Å². The average molecular weight is 840 g/mol. The third-order valence-corrected chi connectivity index (χ3v) is 16.2. The SMILES string of the molecule is c1ccc2cc3c(cc2c1)c1ccc2cc1n3-c1ccc3c(sc4ccccc43)c1C1N=C(c3cccc4oc5ccccc5c34)N=C(c3cccc4sc5ccccc5c34)C1C2. The van der Waals surface area contributed by atoms with E-state index in [1.54, 1.807) is 0 Å². The Morgan fingerprint density at radius 1 is 0.508 bits per heavy atom. The first-order chi connectivity index (χ1) is 31.2. The summed E-state index contributed by atoms with van der Waals surface area (Å²) in [6, 6.07) is 64.4. The molecule has 63 heavy (non-hydrogen) atoms. The fourth-order valence-corrected chi connectivity index (χ4v) is 13.5. The van der Waals surface area contributed by atoms with Crippen LogP contribution in [0.25, 0.3) is 101 Å². The highest BCUT2D eigenvalue weighted by Gasteiger charge is 2.39. The van der Waals surface area contributed by atoms with E-state index in [4.69, 9.17) is 14.4 Å². The van der Waals surface area contributed by atoms with Gasteiger partial charge in [-0.25, -0.2) is 4.99 Å². The molecule has 0 saturated heterocycles. The number of thiophene rings is 2. The minimum Gasteiger partial charge on any atom is -0.456 e. The summed E-state index contributed by atoms with van der Waals surface area (Å²) in [5.74, 6) is 0.658. The van der Waals surface area contributed by atoms with Crippen molar-refractivity contribution >= 4 is 129 Å². The molecule has 0 N–H and O–H groups in total. The van der Waals surface area contributed by atoms with Crippen molar-refractivity contribution in [1.82, 2.24) is 4.57 Å². The van der Waals surface area contributed by atoms with E-state index < -0.39 is 0 Å². The lowest BCUT2D eigenvalue weighted by atomic mass is 9.79. The van der Waals surface area contributed by atoms with Crippen molar-refractivity contribution in [2.45, 2.75) is 12.5 Å². The van der Waals surface area contributed by atoms with E-state index in [0.717, 1.165) is 45.5 Å². The van der Waals surface area contributed by atoms with Crippen LogP contribution < -0.4 is 0 Å². The Labute approximate surface area is 368 Å². The second-order valence-electron chi connectivity index (χ2n) is 17.1. The van der Waals surface area contributed by atoms with Gasteiger partial charge in [0.15, 0.2) is 5.84 Å². The topological polar surface area (TPSA) is 42.8 Å². The molecule has 0 amide bonds. The lowest BCUT2D eigenvalue weighted by molar-refractivity contribution is 0.548. The van der Waals surface area contributed by atoms with Gasteiger partial charge in [-0.15, -0.1) is 22.7 Å². The van der Waals surface area contributed by atoms with Gasteiger partial charge in [0.05, 0.1) is 28.5 Å². The maximum atomic E-state index is 6.52. The van der Waals surface area contributed by atoms with Crippen molar-refractivity contribution < 1.29 is 4.42 Å². The lowest BCUT2D eigenvalue weighted by Crippen LogP contribution is -2.31. The number of benzene rings is 9. The molecular formula is C57H33N3OS2. The molecule has 2 unspecified atom stereocenters. The molecule has 0 radical (unpaired) electrons. The number of aliphatic imine (C=N–C) groups is 2. The Morgan fingerprint density at radius 2 is 1.21 bits per heavy atom. The van der Waals surface area contributed by atoms with Gasteiger partial charge in [0, 0.05) is 84.5 Å². The highest BCUT2D eigenvalue weighted by molar-refractivity contribution is 7.26. The van der Waals surface area contributed by atoms with Gasteiger partial charge in [-0.2, -0.15) is 0 Å². The van der Waals surface area contributed by atoms with Gasteiger partial charge in [-0.3, -0.25) is 4.99 Å². The summed E-state index contributed by atoms with van der Waals surface area (Å²) < 4.78 is 14.2. The number of aromatic nitrogens is 1. The monoisotopic (exact) mass is 839 g/mol. The highest BCUT2D eigenvalue weighted by atomic mass is 32.1. The molecule has 9 aromatic carbocycles. The Morgan fingerprint density at radius 3 is 2.11 bits per heavy atom. The highest BCUT2D eigenvalue weighted by Crippen LogP contribution is 2.50. The number of hydrogen-bond acceptors (Lipinski definition) is 5. The first-order valence-electron chi connectivity index (χ1n) is 21.6. The summed E-state index contributed by atoms with van der Waals surface area (Å²) in [5.41, 5.74) is 11.1. The number of rotatable bonds is 2. The average Bonchev–Trinajstić information content (AvgIpc) is 4.09. The number of furan rings is 1. The first-order valence-corrected chi connectivity index (χ1v) is 23.2. The summed E-state index contributed by atoms with van der Waals surface area (Å²) in [7, 11) is 0. The summed E-state index contributed by atoms with van der Waals surface area (Å²) in [6.07, 6.45) is 0.776. The van der Waals surface area contributed by atoms with E-state index in [1.807, 2.05) is 28.7 Å². The van der Waals surface area contributed by atoms with E-state index in [-0.39, 0.29) is 12.0 Å². The largest absolute Gasteiger partial charge is 0.456 e. The fourth-order valence-electron chi connectivity index (χ4n) is 11.1. The van der Waals surface area contributed by atoms with Crippen LogP contribution in [0.4, 0.5) is 0 Å². The Kier molecular flexibility index (Phi) is 6.85. The molecule has 2 bridgehead atoms. The molecule has 6 heteroatoms. The predicted molar refractivity (Wildman–Crippen MR) is 267 cm³/mol. The maximum Gasteiger partial charge on any atom is 0.156 e. The molecule has 294 valence electrons. The number of hydrogen-bond donors (Lipinski definition) is 0. The van der Waals surface area contributed by atoms with Crippen molar-refractivity contribution in [2.24, 2.45) is 15.9 Å². The molecule has 4 aromatic heterocycles. The third-order valence-electron chi connectivity index (χ3n) is 13.8. The van der Waals surface area contributed by atoms with Crippen LogP contribution in [-0.2, 0) is 6.42 Å². The normalized spacial score (nSPS) is 16.4. The van der Waals surface area contributed by atoms with Crippen LogP contribution in [0.5, 0.6) is 0 Å². The van der Waals surface area contributed by atoms with Gasteiger partial charge in [-0.05, 0) is 77.4 Å². The van der Waals surface area contributed by atoms with Gasteiger partial charge in [-0.1, -0.05) is 121 Å². The molecule has 0 spiro atoms. The Hall–Kier alpha value is -7.38. The predicted octanol–water partition coefficient (Wildman–Crippen LogP) is 15.7. The molecule has 0 aliphatic carbocycles. The molecule has 0 fully saturated rings. The Balaban J connectivity index is 1.11. The van der Waals surface area contributed by atoms with Crippen molar-refractivity contribution in [2.75, 3.05) is 0 Å². The zero-order valence-corrected chi connectivity index (χ0v) is 35.3. The number of amidine groups is 1. The summed E-state index contributed by atoms with van der Waals surface area (Å²) in [5, 5.41) is 12.2. The van der Waals surface area contributed by atoms with Gasteiger partial charge in [0.2, 0.25) is 0 Å². The molecule has 2 aliphatic heterocycles. The van der Waals surface area contributed by atoms with Crippen LogP contribution in [-0.4, -0.2) is 16.1 Å². The van der Waals surface area contributed by atoms with Gasteiger partial charge in [0.1, 0.15) is 11.2 Å². The van der Waals surface area contributed by atoms with Gasteiger partial charge in [0.25, 0.3) is 0 Å². The van der Waals surface area contributed by atoms with E-state index in [1.165, 1.54) is 95.3 Å². The van der Waals surface area contributed by atoms with E-state index in [2.05, 4.69) is 174 Å². The zero-order valence-electron chi connectivity index (χ0n) is 33.7. The van der Waals surface area contributed by atoms with Gasteiger partial charge >= 0.3 is 0 Å². The number of para-hydroxylation sites is 1. The molecule has 0 saturated carbocycles. The van der Waals surface area contributed by atoms with Crippen molar-refractivity contribution in [3.63, 3.8) is 0 Å².